The van der Waals surface area contributed by atoms with Gasteiger partial charge in [-0.05, 0) is 37.4 Å². The minimum absolute atomic E-state index is 0.217. The molecule has 1 atom stereocenters. The number of sulfonamides is 1. The molecule has 3 aliphatic heterocycles. The summed E-state index contributed by atoms with van der Waals surface area (Å²) in [5.74, 6) is -0.217. The second-order valence-electron chi connectivity index (χ2n) is 7.31. The van der Waals surface area contributed by atoms with Gasteiger partial charge in [-0.1, -0.05) is 11.2 Å². The molecule has 0 bridgehead atoms. The van der Waals surface area contributed by atoms with Crippen molar-refractivity contribution in [3.63, 3.8) is 0 Å². The van der Waals surface area contributed by atoms with Crippen LogP contribution in [0.2, 0.25) is 0 Å². The molecule has 1 aromatic heterocycles. The molecule has 10 heteroatoms. The quantitative estimate of drug-likeness (QED) is 0.749. The molecule has 1 spiro atoms. The number of amides is 1. The number of nitrogens with one attached hydrogen (secondary N) is 1. The van der Waals surface area contributed by atoms with Crippen LogP contribution >= 0.6 is 11.3 Å². The van der Waals surface area contributed by atoms with Crippen LogP contribution in [0.15, 0.2) is 26.9 Å². The number of carbonyl (C=O) groups excluding carboxylic acids is 1. The predicted molar refractivity (Wildman–Crippen MR) is 102 cm³/mol. The number of carbonyl (C=O) groups is 1. The number of rotatable bonds is 6. The summed E-state index contributed by atoms with van der Waals surface area (Å²) in [7, 11) is -3.51. The minimum atomic E-state index is -3.51. The van der Waals surface area contributed by atoms with Gasteiger partial charge in [0.1, 0.15) is 9.92 Å². The highest BCUT2D eigenvalue weighted by molar-refractivity contribution is 7.91. The number of thiophene rings is 1. The second kappa shape index (κ2) is 7.50. The van der Waals surface area contributed by atoms with Crippen LogP contribution in [0.25, 0.3) is 0 Å². The van der Waals surface area contributed by atoms with Gasteiger partial charge in [0.25, 0.3) is 15.9 Å². The number of hydrogen-bond donors (Lipinski definition) is 1. The summed E-state index contributed by atoms with van der Waals surface area (Å²) in [6, 6.07) is 3.33. The van der Waals surface area contributed by atoms with Gasteiger partial charge in [-0.15, -0.1) is 11.3 Å². The van der Waals surface area contributed by atoms with E-state index in [-0.39, 0.29) is 12.5 Å². The Morgan fingerprint density at radius 1 is 1.33 bits per heavy atom. The molecule has 0 radical (unpaired) electrons. The Balaban J connectivity index is 1.30. The van der Waals surface area contributed by atoms with E-state index in [2.05, 4.69) is 15.4 Å². The van der Waals surface area contributed by atoms with Gasteiger partial charge in [-0.2, -0.15) is 4.31 Å². The predicted octanol–water partition coefficient (Wildman–Crippen LogP) is 0.870. The van der Waals surface area contributed by atoms with Crippen LogP contribution < -0.4 is 5.32 Å². The third-order valence-electron chi connectivity index (χ3n) is 5.38. The molecule has 0 aromatic carbocycles. The molecule has 4 rings (SSSR count). The maximum atomic E-state index is 12.7. The maximum Gasteiger partial charge on any atom is 0.269 e. The molecule has 0 unspecified atom stereocenters. The van der Waals surface area contributed by atoms with Gasteiger partial charge in [-0.25, -0.2) is 8.42 Å². The summed E-state index contributed by atoms with van der Waals surface area (Å²) < 4.78 is 27.1. The Morgan fingerprint density at radius 2 is 2.15 bits per heavy atom. The molecule has 8 nitrogen and oxygen atoms in total. The third-order valence-corrected chi connectivity index (χ3v) is 8.60. The van der Waals surface area contributed by atoms with E-state index in [1.54, 1.807) is 17.5 Å². The van der Waals surface area contributed by atoms with E-state index in [0.717, 1.165) is 19.6 Å². The van der Waals surface area contributed by atoms with Crippen LogP contribution in [0.4, 0.5) is 0 Å². The van der Waals surface area contributed by atoms with Crippen LogP contribution in [-0.4, -0.2) is 74.1 Å². The molecule has 0 aliphatic carbocycles. The van der Waals surface area contributed by atoms with Crippen molar-refractivity contribution in [3.05, 3.63) is 17.5 Å². The molecular weight excluding hydrogens is 388 g/mol. The van der Waals surface area contributed by atoms with Crippen molar-refractivity contribution in [1.82, 2.24) is 14.5 Å². The van der Waals surface area contributed by atoms with E-state index >= 15 is 0 Å². The van der Waals surface area contributed by atoms with E-state index < -0.39 is 15.6 Å². The molecule has 27 heavy (non-hydrogen) atoms. The number of hydrogen-bond acceptors (Lipinski definition) is 7. The van der Waals surface area contributed by atoms with Crippen LogP contribution in [0.3, 0.4) is 0 Å². The van der Waals surface area contributed by atoms with Gasteiger partial charge >= 0.3 is 0 Å². The fourth-order valence-electron chi connectivity index (χ4n) is 3.85. The van der Waals surface area contributed by atoms with E-state index in [1.807, 2.05) is 0 Å². The first kappa shape index (κ1) is 18.9. The maximum absolute atomic E-state index is 12.7. The first-order valence-electron chi connectivity index (χ1n) is 9.28. The summed E-state index contributed by atoms with van der Waals surface area (Å²) in [6.45, 7) is 4.22. The van der Waals surface area contributed by atoms with Crippen molar-refractivity contribution in [3.8, 4) is 0 Å². The van der Waals surface area contributed by atoms with E-state index in [1.165, 1.54) is 28.5 Å². The van der Waals surface area contributed by atoms with Crippen molar-refractivity contribution < 1.29 is 18.0 Å². The van der Waals surface area contributed by atoms with Crippen LogP contribution in [0.1, 0.15) is 25.7 Å². The normalized spacial score (nSPS) is 26.4. The Morgan fingerprint density at radius 3 is 2.89 bits per heavy atom. The summed E-state index contributed by atoms with van der Waals surface area (Å²) in [4.78, 5) is 20.3. The summed E-state index contributed by atoms with van der Waals surface area (Å²) in [5.41, 5.74) is -0.363. The van der Waals surface area contributed by atoms with Gasteiger partial charge in [0, 0.05) is 32.5 Å². The lowest BCUT2D eigenvalue weighted by Gasteiger charge is -2.21. The monoisotopic (exact) mass is 412 g/mol. The van der Waals surface area contributed by atoms with Gasteiger partial charge < -0.3 is 15.1 Å². The molecule has 2 fully saturated rings. The highest BCUT2D eigenvalue weighted by Gasteiger charge is 2.49. The average molecular weight is 413 g/mol. The van der Waals surface area contributed by atoms with E-state index in [4.69, 9.17) is 4.84 Å². The molecule has 148 valence electrons. The lowest BCUT2D eigenvalue weighted by molar-refractivity contribution is -0.114. The van der Waals surface area contributed by atoms with Crippen molar-refractivity contribution in [2.45, 2.75) is 35.5 Å². The zero-order valence-corrected chi connectivity index (χ0v) is 16.7. The molecule has 4 heterocycles. The molecule has 1 aromatic rings. The first-order chi connectivity index (χ1) is 13.0. The largest absolute Gasteiger partial charge is 0.387 e. The van der Waals surface area contributed by atoms with Crippen LogP contribution in [-0.2, 0) is 19.7 Å². The van der Waals surface area contributed by atoms with E-state index in [0.29, 0.717) is 35.9 Å². The highest BCUT2D eigenvalue weighted by Crippen LogP contribution is 2.37. The molecule has 1 amide bonds. The minimum Gasteiger partial charge on any atom is -0.387 e. The third kappa shape index (κ3) is 3.89. The molecule has 0 saturated carbocycles. The standard InChI is InChI=1S/C17H24N4O4S2/c22-16(18-6-10-20-7-1-2-8-20)14-12-17(25-19-14)5-9-21(13-17)27(23,24)15-4-3-11-26-15/h3-4,11H,1-2,5-10,12-13H2,(H,18,22)/t17-/m1/s1. The average Bonchev–Trinajstić information content (AvgIpc) is 3.45. The molecular formula is C17H24N4O4S2. The zero-order valence-electron chi connectivity index (χ0n) is 15.1. The van der Waals surface area contributed by atoms with E-state index in [9.17, 15) is 13.2 Å². The smallest absolute Gasteiger partial charge is 0.269 e. The van der Waals surface area contributed by atoms with Gasteiger partial charge in [0.15, 0.2) is 5.60 Å². The Kier molecular flexibility index (Phi) is 5.23. The number of likely N-dealkylation sites (tertiary alicyclic amines) is 1. The fourth-order valence-corrected chi connectivity index (χ4v) is 6.51. The molecule has 2 saturated heterocycles. The fraction of sp³-hybridized carbons (Fsp3) is 0.647. The van der Waals surface area contributed by atoms with Crippen molar-refractivity contribution in [1.29, 1.82) is 0 Å². The van der Waals surface area contributed by atoms with Crippen molar-refractivity contribution in [2.24, 2.45) is 5.16 Å². The molecule has 3 aliphatic rings. The number of nitrogens with zero attached hydrogens (tertiary/aromatic N) is 3. The summed E-state index contributed by atoms with van der Waals surface area (Å²) in [6.07, 6.45) is 3.33. The zero-order chi connectivity index (χ0) is 18.9. The van der Waals surface area contributed by atoms with Crippen molar-refractivity contribution >= 4 is 33.0 Å². The SMILES string of the molecule is O=C(NCCN1CCCC1)C1=NO[C@]2(CCN(S(=O)(=O)c3cccs3)C2)C1. The van der Waals surface area contributed by atoms with Gasteiger partial charge in [0.05, 0.1) is 6.54 Å². The second-order valence-corrected chi connectivity index (χ2v) is 10.4. The Labute approximate surface area is 163 Å². The Bertz CT molecular complexity index is 818. The lowest BCUT2D eigenvalue weighted by Crippen LogP contribution is -2.40. The highest BCUT2D eigenvalue weighted by atomic mass is 32.2. The van der Waals surface area contributed by atoms with Gasteiger partial charge in [0.2, 0.25) is 0 Å². The summed E-state index contributed by atoms with van der Waals surface area (Å²) >= 11 is 1.21. The topological polar surface area (TPSA) is 91.3 Å². The van der Waals surface area contributed by atoms with Crippen molar-refractivity contribution in [2.75, 3.05) is 39.3 Å². The molecule has 1 N–H and O–H groups in total. The first-order valence-corrected chi connectivity index (χ1v) is 11.6. The number of oxime groups is 1. The lowest BCUT2D eigenvalue weighted by atomic mass is 9.96. The van der Waals surface area contributed by atoms with Crippen LogP contribution in [0.5, 0.6) is 0 Å². The van der Waals surface area contributed by atoms with Gasteiger partial charge in [-0.3, -0.25) is 4.79 Å². The summed E-state index contributed by atoms with van der Waals surface area (Å²) in [5, 5.41) is 8.62. The van der Waals surface area contributed by atoms with Crippen LogP contribution in [0, 0.1) is 0 Å². The Hall–Kier alpha value is -1.49.